The SMILES string of the molecule is CC1(C)CC(NC(=NC#N)Nc2cccc(Br)n2)CC(C)(C)N1O. The summed E-state index contributed by atoms with van der Waals surface area (Å²) in [5.41, 5.74) is -0.767. The van der Waals surface area contributed by atoms with Crippen LogP contribution in [0.1, 0.15) is 40.5 Å². The van der Waals surface area contributed by atoms with Crippen molar-refractivity contribution in [2.24, 2.45) is 4.99 Å². The molecule has 3 N–H and O–H groups in total. The van der Waals surface area contributed by atoms with Crippen LogP contribution in [0.3, 0.4) is 0 Å². The zero-order valence-corrected chi connectivity index (χ0v) is 15.9. The molecular weight excluding hydrogens is 372 g/mol. The van der Waals surface area contributed by atoms with E-state index in [1.54, 1.807) is 12.3 Å². The predicted molar refractivity (Wildman–Crippen MR) is 96.5 cm³/mol. The second kappa shape index (κ2) is 7.05. The van der Waals surface area contributed by atoms with Gasteiger partial charge < -0.3 is 15.8 Å². The maximum atomic E-state index is 10.4. The average molecular weight is 395 g/mol. The van der Waals surface area contributed by atoms with Crippen LogP contribution >= 0.6 is 15.9 Å². The number of halogens is 1. The zero-order chi connectivity index (χ0) is 18.0. The number of rotatable bonds is 2. The molecule has 8 heteroatoms. The average Bonchev–Trinajstić information content (AvgIpc) is 2.44. The molecule has 130 valence electrons. The lowest BCUT2D eigenvalue weighted by Gasteiger charge is -2.51. The van der Waals surface area contributed by atoms with E-state index in [0.29, 0.717) is 29.2 Å². The first-order chi connectivity index (χ1) is 11.1. The molecule has 1 fully saturated rings. The molecule has 2 heterocycles. The molecule has 1 saturated heterocycles. The molecule has 2 rings (SSSR count). The van der Waals surface area contributed by atoms with E-state index in [4.69, 9.17) is 5.26 Å². The lowest BCUT2D eigenvalue weighted by atomic mass is 9.79. The van der Waals surface area contributed by atoms with E-state index in [-0.39, 0.29) is 17.1 Å². The van der Waals surface area contributed by atoms with E-state index in [0.717, 1.165) is 0 Å². The highest BCUT2D eigenvalue weighted by Gasteiger charge is 2.45. The molecule has 0 aromatic carbocycles. The minimum absolute atomic E-state index is 0.0603. The molecule has 1 aliphatic heterocycles. The van der Waals surface area contributed by atoms with Crippen molar-refractivity contribution in [2.45, 2.75) is 57.7 Å². The van der Waals surface area contributed by atoms with Crippen LogP contribution in [-0.4, -0.2) is 38.3 Å². The van der Waals surface area contributed by atoms with Crippen LogP contribution in [0.15, 0.2) is 27.8 Å². The fourth-order valence-electron chi connectivity index (χ4n) is 3.31. The third-order valence-electron chi connectivity index (χ3n) is 4.10. The molecule has 1 aromatic rings. The highest BCUT2D eigenvalue weighted by atomic mass is 79.9. The Balaban J connectivity index is 2.14. The summed E-state index contributed by atoms with van der Waals surface area (Å²) in [5, 5.41) is 27.1. The summed E-state index contributed by atoms with van der Waals surface area (Å²) < 4.78 is 0.694. The van der Waals surface area contributed by atoms with Gasteiger partial charge in [-0.1, -0.05) is 6.07 Å². The van der Waals surface area contributed by atoms with Gasteiger partial charge in [-0.2, -0.15) is 10.3 Å². The Labute approximate surface area is 150 Å². The topological polar surface area (TPSA) is 96.6 Å². The van der Waals surface area contributed by atoms with Crippen molar-refractivity contribution in [3.8, 4) is 6.19 Å². The van der Waals surface area contributed by atoms with Crippen molar-refractivity contribution in [1.29, 1.82) is 5.26 Å². The lowest BCUT2D eigenvalue weighted by Crippen LogP contribution is -2.63. The Morgan fingerprint density at radius 3 is 2.54 bits per heavy atom. The van der Waals surface area contributed by atoms with Crippen molar-refractivity contribution in [3.63, 3.8) is 0 Å². The molecule has 1 aromatic heterocycles. The first-order valence-corrected chi connectivity index (χ1v) is 8.55. The number of nitriles is 1. The van der Waals surface area contributed by atoms with Gasteiger partial charge in [-0.15, -0.1) is 4.99 Å². The summed E-state index contributed by atoms with van der Waals surface area (Å²) in [7, 11) is 0. The van der Waals surface area contributed by atoms with Crippen LogP contribution in [0.4, 0.5) is 5.82 Å². The Kier molecular flexibility index (Phi) is 5.48. The predicted octanol–water partition coefficient (Wildman–Crippen LogP) is 3.09. The van der Waals surface area contributed by atoms with E-state index in [1.807, 2.05) is 39.8 Å². The minimum atomic E-state index is -0.384. The van der Waals surface area contributed by atoms with E-state index >= 15 is 0 Å². The number of aromatic nitrogens is 1. The molecular formula is C16H23BrN6O. The third kappa shape index (κ3) is 4.44. The summed E-state index contributed by atoms with van der Waals surface area (Å²) in [5.74, 6) is 0.940. The molecule has 0 aliphatic carbocycles. The van der Waals surface area contributed by atoms with Crippen molar-refractivity contribution >= 4 is 27.7 Å². The zero-order valence-electron chi connectivity index (χ0n) is 14.3. The second-order valence-corrected chi connectivity index (χ2v) is 8.03. The molecule has 0 amide bonds. The molecule has 24 heavy (non-hydrogen) atoms. The number of nitrogens with one attached hydrogen (secondary N) is 2. The van der Waals surface area contributed by atoms with Gasteiger partial charge in [0.1, 0.15) is 10.4 Å². The molecule has 7 nitrogen and oxygen atoms in total. The number of aliphatic imine (C=N–C) groups is 1. The third-order valence-corrected chi connectivity index (χ3v) is 4.54. The summed E-state index contributed by atoms with van der Waals surface area (Å²) in [6, 6.07) is 5.52. The van der Waals surface area contributed by atoms with Crippen LogP contribution in [0, 0.1) is 11.5 Å². The van der Waals surface area contributed by atoms with Gasteiger partial charge >= 0.3 is 0 Å². The summed E-state index contributed by atoms with van der Waals surface area (Å²) in [6.07, 6.45) is 3.23. The summed E-state index contributed by atoms with van der Waals surface area (Å²) >= 11 is 3.32. The number of piperidine rings is 1. The van der Waals surface area contributed by atoms with Crippen molar-refractivity contribution in [2.75, 3.05) is 5.32 Å². The van der Waals surface area contributed by atoms with Crippen LogP contribution in [-0.2, 0) is 0 Å². The van der Waals surface area contributed by atoms with E-state index < -0.39 is 0 Å². The number of anilines is 1. The van der Waals surface area contributed by atoms with Crippen LogP contribution < -0.4 is 10.6 Å². The van der Waals surface area contributed by atoms with Crippen molar-refractivity contribution in [3.05, 3.63) is 22.8 Å². The van der Waals surface area contributed by atoms with E-state index in [2.05, 4.69) is 36.5 Å². The molecule has 0 unspecified atom stereocenters. The number of hydrogen-bond acceptors (Lipinski definition) is 5. The maximum Gasteiger partial charge on any atom is 0.213 e. The van der Waals surface area contributed by atoms with E-state index in [9.17, 15) is 5.21 Å². The Bertz CT molecular complexity index is 649. The number of hydroxylamine groups is 2. The van der Waals surface area contributed by atoms with Crippen molar-refractivity contribution in [1.82, 2.24) is 15.4 Å². The normalized spacial score (nSPS) is 21.1. The number of nitrogens with zero attached hydrogens (tertiary/aromatic N) is 4. The van der Waals surface area contributed by atoms with E-state index in [1.165, 1.54) is 5.06 Å². The minimum Gasteiger partial charge on any atom is -0.352 e. The lowest BCUT2D eigenvalue weighted by molar-refractivity contribution is -0.245. The van der Waals surface area contributed by atoms with Gasteiger partial charge in [-0.25, -0.2) is 4.98 Å². The summed E-state index contributed by atoms with van der Waals surface area (Å²) in [4.78, 5) is 8.11. The Hall–Kier alpha value is -1.69. The van der Waals surface area contributed by atoms with Gasteiger partial charge in [-0.05, 0) is 68.6 Å². The summed E-state index contributed by atoms with van der Waals surface area (Å²) in [6.45, 7) is 7.97. The molecule has 1 aliphatic rings. The quantitative estimate of drug-likeness (QED) is 0.308. The highest BCUT2D eigenvalue weighted by molar-refractivity contribution is 9.10. The van der Waals surface area contributed by atoms with Crippen LogP contribution in [0.25, 0.3) is 0 Å². The van der Waals surface area contributed by atoms with Gasteiger partial charge in [0, 0.05) is 17.1 Å². The van der Waals surface area contributed by atoms with Gasteiger partial charge in [-0.3, -0.25) is 0 Å². The van der Waals surface area contributed by atoms with Gasteiger partial charge in [0.15, 0.2) is 0 Å². The standard InChI is InChI=1S/C16H23BrN6O/c1-15(2)8-11(9-16(3,4)23(15)24)20-14(19-10-18)22-13-7-5-6-12(17)21-13/h5-7,11,24H,8-9H2,1-4H3,(H2,19,20,21,22). The fraction of sp³-hybridized carbons (Fsp3) is 0.562. The van der Waals surface area contributed by atoms with Gasteiger partial charge in [0.2, 0.25) is 12.2 Å². The van der Waals surface area contributed by atoms with Crippen LogP contribution in [0.2, 0.25) is 0 Å². The molecule has 0 atom stereocenters. The van der Waals surface area contributed by atoms with Gasteiger partial charge in [0.05, 0.1) is 0 Å². The fourth-order valence-corrected chi connectivity index (χ4v) is 3.65. The van der Waals surface area contributed by atoms with Crippen LogP contribution in [0.5, 0.6) is 0 Å². The number of pyridine rings is 1. The molecule has 0 spiro atoms. The Morgan fingerprint density at radius 1 is 1.38 bits per heavy atom. The first kappa shape index (κ1) is 18.6. The molecule has 0 radical (unpaired) electrons. The maximum absolute atomic E-state index is 10.4. The van der Waals surface area contributed by atoms with Crippen molar-refractivity contribution < 1.29 is 5.21 Å². The van der Waals surface area contributed by atoms with Gasteiger partial charge in [0.25, 0.3) is 0 Å². The highest BCUT2D eigenvalue weighted by Crippen LogP contribution is 2.36. The first-order valence-electron chi connectivity index (χ1n) is 7.76. The molecule has 0 saturated carbocycles. The number of guanidine groups is 1. The second-order valence-electron chi connectivity index (χ2n) is 7.22. The molecule has 0 bridgehead atoms. The smallest absolute Gasteiger partial charge is 0.213 e. The number of hydrogen-bond donors (Lipinski definition) is 3. The largest absolute Gasteiger partial charge is 0.352 e. The monoisotopic (exact) mass is 394 g/mol. The Morgan fingerprint density at radius 2 is 2.00 bits per heavy atom.